The Morgan fingerprint density at radius 1 is 0.778 bits per heavy atom. The number of hydrogen-bond donors (Lipinski definition) is 0. The molecule has 5 aromatic rings. The van der Waals surface area contributed by atoms with Crippen LogP contribution in [0.4, 0.5) is 0 Å². The number of para-hydroxylation sites is 2. The highest BCUT2D eigenvalue weighted by Crippen LogP contribution is 2.27. The first-order valence-corrected chi connectivity index (χ1v) is 12.3. The van der Waals surface area contributed by atoms with Gasteiger partial charge in [0.25, 0.3) is 0 Å². The number of hydrogen-bond acceptors (Lipinski definition) is 3. The number of benzene rings is 4. The predicted octanol–water partition coefficient (Wildman–Crippen LogP) is 8.40. The Hall–Kier alpha value is -3.57. The zero-order valence-electron chi connectivity index (χ0n) is 18.9. The van der Waals surface area contributed by atoms with Crippen molar-refractivity contribution >= 4 is 63.6 Å². The Kier molecular flexibility index (Phi) is 7.10. The van der Waals surface area contributed by atoms with E-state index in [2.05, 4.69) is 0 Å². The van der Waals surface area contributed by atoms with E-state index in [9.17, 15) is 4.79 Å². The third-order valence-electron chi connectivity index (χ3n) is 5.64. The molecular formula is C29H19Cl3N2O2. The molecule has 0 saturated carbocycles. The fourth-order valence-electron chi connectivity index (χ4n) is 3.82. The van der Waals surface area contributed by atoms with Gasteiger partial charge in [0.1, 0.15) is 11.6 Å². The maximum atomic E-state index is 13.0. The monoisotopic (exact) mass is 532 g/mol. The molecule has 0 aliphatic heterocycles. The summed E-state index contributed by atoms with van der Waals surface area (Å²) >= 11 is 18.6. The van der Waals surface area contributed by atoms with Gasteiger partial charge in [0.05, 0.1) is 23.1 Å². The lowest BCUT2D eigenvalue weighted by Crippen LogP contribution is -2.07. The van der Waals surface area contributed by atoms with Crippen molar-refractivity contribution in [3.8, 4) is 0 Å². The maximum absolute atomic E-state index is 13.0. The standard InChI is InChI=1S/C29H19Cl3N2O2/c30-22-13-9-19(10-14-22)27(36-29(35)20-11-15-23(31)16-12-20)17-28-33-25-7-3-4-8-26(25)34(28)18-21-5-1-2-6-24(21)32/h1-17H,18H2. The molecule has 0 bridgehead atoms. The minimum absolute atomic E-state index is 0.335. The molecule has 4 aromatic carbocycles. The van der Waals surface area contributed by atoms with Crippen LogP contribution in [0.25, 0.3) is 22.9 Å². The second-order valence-corrected chi connectivity index (χ2v) is 9.33. The van der Waals surface area contributed by atoms with Gasteiger partial charge >= 0.3 is 5.97 Å². The molecule has 0 radical (unpaired) electrons. The fraction of sp³-hybridized carbons (Fsp3) is 0.0345. The topological polar surface area (TPSA) is 44.1 Å². The summed E-state index contributed by atoms with van der Waals surface area (Å²) in [5.74, 6) is 0.439. The molecule has 0 aliphatic carbocycles. The number of rotatable bonds is 6. The summed E-state index contributed by atoms with van der Waals surface area (Å²) < 4.78 is 7.93. The quantitative estimate of drug-likeness (QED) is 0.163. The van der Waals surface area contributed by atoms with Gasteiger partial charge in [-0.25, -0.2) is 9.78 Å². The molecule has 5 rings (SSSR count). The van der Waals surface area contributed by atoms with Crippen LogP contribution in [-0.4, -0.2) is 15.5 Å². The summed E-state index contributed by atoms with van der Waals surface area (Å²) in [7, 11) is 0. The lowest BCUT2D eigenvalue weighted by atomic mass is 10.1. The van der Waals surface area contributed by atoms with E-state index in [-0.39, 0.29) is 0 Å². The number of nitrogens with zero attached hydrogens (tertiary/aromatic N) is 2. The zero-order chi connectivity index (χ0) is 25.1. The smallest absolute Gasteiger partial charge is 0.343 e. The number of aromatic nitrogens is 2. The lowest BCUT2D eigenvalue weighted by molar-refractivity contribution is 0.0693. The van der Waals surface area contributed by atoms with Gasteiger partial charge in [-0.3, -0.25) is 0 Å². The average molecular weight is 534 g/mol. The molecule has 4 nitrogen and oxygen atoms in total. The zero-order valence-corrected chi connectivity index (χ0v) is 21.1. The second kappa shape index (κ2) is 10.6. The predicted molar refractivity (Wildman–Crippen MR) is 146 cm³/mol. The highest BCUT2D eigenvalue weighted by molar-refractivity contribution is 6.31. The lowest BCUT2D eigenvalue weighted by Gasteiger charge is -2.12. The van der Waals surface area contributed by atoms with E-state index in [0.29, 0.717) is 44.3 Å². The van der Waals surface area contributed by atoms with Crippen LogP contribution in [0.1, 0.15) is 27.3 Å². The molecule has 0 amide bonds. The molecule has 178 valence electrons. The van der Waals surface area contributed by atoms with E-state index >= 15 is 0 Å². The minimum Gasteiger partial charge on any atom is -0.422 e. The number of fused-ring (bicyclic) bond motifs is 1. The highest BCUT2D eigenvalue weighted by atomic mass is 35.5. The summed E-state index contributed by atoms with van der Waals surface area (Å²) in [6, 6.07) is 29.1. The molecule has 0 spiro atoms. The van der Waals surface area contributed by atoms with Gasteiger partial charge in [-0.15, -0.1) is 0 Å². The number of imidazole rings is 1. The molecule has 1 aromatic heterocycles. The number of carbonyl (C=O) groups excluding carboxylic acids is 1. The fourth-order valence-corrected chi connectivity index (χ4v) is 4.26. The molecule has 1 heterocycles. The van der Waals surface area contributed by atoms with Crippen LogP contribution in [0.5, 0.6) is 0 Å². The normalized spacial score (nSPS) is 11.6. The van der Waals surface area contributed by atoms with Crippen LogP contribution in [0.3, 0.4) is 0 Å². The Balaban J connectivity index is 1.61. The Morgan fingerprint density at radius 2 is 1.39 bits per heavy atom. The number of halogens is 3. The molecule has 0 atom stereocenters. The molecular weight excluding hydrogens is 515 g/mol. The van der Waals surface area contributed by atoms with Crippen LogP contribution in [-0.2, 0) is 11.3 Å². The van der Waals surface area contributed by atoms with Crippen LogP contribution < -0.4 is 0 Å². The molecule has 0 unspecified atom stereocenters. The van der Waals surface area contributed by atoms with E-state index in [1.165, 1.54) is 0 Å². The van der Waals surface area contributed by atoms with Crippen LogP contribution in [0, 0.1) is 0 Å². The van der Waals surface area contributed by atoms with Crippen molar-refractivity contribution in [1.82, 2.24) is 9.55 Å². The van der Waals surface area contributed by atoms with Crippen molar-refractivity contribution in [2.75, 3.05) is 0 Å². The van der Waals surface area contributed by atoms with Crippen molar-refractivity contribution in [3.05, 3.63) is 135 Å². The van der Waals surface area contributed by atoms with Crippen molar-refractivity contribution in [3.63, 3.8) is 0 Å². The summed E-state index contributed by atoms with van der Waals surface area (Å²) in [6.07, 6.45) is 1.76. The first-order chi connectivity index (χ1) is 17.5. The summed E-state index contributed by atoms with van der Waals surface area (Å²) in [5.41, 5.74) is 3.75. The minimum atomic E-state index is -0.512. The number of ether oxygens (including phenoxy) is 1. The first-order valence-electron chi connectivity index (χ1n) is 11.1. The van der Waals surface area contributed by atoms with Crippen LogP contribution >= 0.6 is 34.8 Å². The number of carbonyl (C=O) groups is 1. The third-order valence-corrected chi connectivity index (χ3v) is 6.51. The van der Waals surface area contributed by atoms with Gasteiger partial charge in [-0.2, -0.15) is 0 Å². The Labute approximate surface area is 223 Å². The van der Waals surface area contributed by atoms with Gasteiger partial charge < -0.3 is 9.30 Å². The van der Waals surface area contributed by atoms with Crippen molar-refractivity contribution in [1.29, 1.82) is 0 Å². The van der Waals surface area contributed by atoms with Crippen molar-refractivity contribution < 1.29 is 9.53 Å². The van der Waals surface area contributed by atoms with E-state index in [4.69, 9.17) is 44.5 Å². The third kappa shape index (κ3) is 5.31. The van der Waals surface area contributed by atoms with Crippen molar-refractivity contribution in [2.24, 2.45) is 0 Å². The molecule has 7 heteroatoms. The van der Waals surface area contributed by atoms with E-state index in [0.717, 1.165) is 16.6 Å². The Morgan fingerprint density at radius 3 is 2.08 bits per heavy atom. The highest BCUT2D eigenvalue weighted by Gasteiger charge is 2.16. The van der Waals surface area contributed by atoms with E-state index < -0.39 is 5.97 Å². The average Bonchev–Trinajstić information content (AvgIpc) is 3.22. The van der Waals surface area contributed by atoms with Gasteiger partial charge in [0.2, 0.25) is 0 Å². The SMILES string of the molecule is O=C(OC(=Cc1nc2ccccc2n1Cc1ccccc1Cl)c1ccc(Cl)cc1)c1ccc(Cl)cc1. The molecule has 0 N–H and O–H groups in total. The second-order valence-electron chi connectivity index (χ2n) is 8.05. The summed E-state index contributed by atoms with van der Waals surface area (Å²) in [6.45, 7) is 0.491. The van der Waals surface area contributed by atoms with Crippen molar-refractivity contribution in [2.45, 2.75) is 6.54 Å². The van der Waals surface area contributed by atoms with Gasteiger partial charge in [0, 0.05) is 26.7 Å². The maximum Gasteiger partial charge on any atom is 0.343 e. The largest absolute Gasteiger partial charge is 0.422 e. The van der Waals surface area contributed by atoms with E-state index in [1.807, 2.05) is 53.1 Å². The first kappa shape index (κ1) is 24.1. The number of esters is 1. The molecule has 0 saturated heterocycles. The van der Waals surface area contributed by atoms with Crippen LogP contribution in [0.15, 0.2) is 97.1 Å². The Bertz CT molecular complexity index is 1570. The van der Waals surface area contributed by atoms with Crippen LogP contribution in [0.2, 0.25) is 15.1 Å². The van der Waals surface area contributed by atoms with Gasteiger partial charge in [-0.05, 0) is 72.3 Å². The summed E-state index contributed by atoms with van der Waals surface area (Å²) in [5, 5.41) is 1.78. The molecule has 0 aliphatic rings. The van der Waals surface area contributed by atoms with Gasteiger partial charge in [0.15, 0.2) is 0 Å². The summed E-state index contributed by atoms with van der Waals surface area (Å²) in [4.78, 5) is 17.8. The molecule has 36 heavy (non-hydrogen) atoms. The van der Waals surface area contributed by atoms with Gasteiger partial charge in [-0.1, -0.05) is 65.1 Å². The van der Waals surface area contributed by atoms with E-state index in [1.54, 1.807) is 54.6 Å². The molecule has 0 fully saturated rings.